The zero-order chi connectivity index (χ0) is 31.6. The van der Waals surface area contributed by atoms with Crippen molar-refractivity contribution in [3.63, 3.8) is 0 Å². The monoisotopic (exact) mass is 593 g/mol. The molecular weight excluding hydrogens is 555 g/mol. The Morgan fingerprint density at radius 1 is 0.348 bits per heavy atom. The highest BCUT2D eigenvalue weighted by molar-refractivity contribution is 5.95. The highest BCUT2D eigenvalue weighted by atomic mass is 15.2. The van der Waals surface area contributed by atoms with Crippen LogP contribution in [0, 0.1) is 0 Å². The summed E-state index contributed by atoms with van der Waals surface area (Å²) in [6.45, 7) is 14.4. The molecule has 0 bridgehead atoms. The summed E-state index contributed by atoms with van der Waals surface area (Å²) in [5.74, 6) is 0. The maximum absolute atomic E-state index is 2.56. The Morgan fingerprint density at radius 2 is 0.848 bits per heavy atom. The highest BCUT2D eigenvalue weighted by Crippen LogP contribution is 2.61. The number of rotatable bonds is 2. The van der Waals surface area contributed by atoms with E-state index in [0.29, 0.717) is 0 Å². The van der Waals surface area contributed by atoms with Crippen LogP contribution in [0.5, 0.6) is 0 Å². The van der Waals surface area contributed by atoms with Crippen molar-refractivity contribution in [2.45, 2.75) is 57.8 Å². The highest BCUT2D eigenvalue weighted by Gasteiger charge is 2.46. The number of hydrogen-bond donors (Lipinski definition) is 0. The van der Waals surface area contributed by atoms with Gasteiger partial charge in [-0.25, -0.2) is 0 Å². The standard InChI is InChI=1S/C45H39N/c1-43(2)34-17-11-10-16-32(34)33-22-20-29(24-36(33)43)30-21-23-41-37(25-30)45(5,6)39-27-31(28-14-8-7-9-15-28)26-38-42(39)46(41)40-19-13-12-18-35(40)44(38,3)4/h7-27H,1-6H3. The zero-order valence-electron chi connectivity index (χ0n) is 27.6. The minimum atomic E-state index is -0.203. The van der Waals surface area contributed by atoms with Crippen molar-refractivity contribution in [1.82, 2.24) is 0 Å². The summed E-state index contributed by atoms with van der Waals surface area (Å²) < 4.78 is 0. The van der Waals surface area contributed by atoms with E-state index >= 15 is 0 Å². The summed E-state index contributed by atoms with van der Waals surface area (Å²) >= 11 is 0. The van der Waals surface area contributed by atoms with Crippen molar-refractivity contribution in [3.8, 4) is 33.4 Å². The second kappa shape index (κ2) is 9.10. The van der Waals surface area contributed by atoms with Gasteiger partial charge in [0.05, 0.1) is 17.1 Å². The van der Waals surface area contributed by atoms with Gasteiger partial charge in [0, 0.05) is 16.2 Å². The molecule has 0 aromatic heterocycles. The third-order valence-electron chi connectivity index (χ3n) is 11.4. The molecular formula is C45H39N. The molecule has 0 amide bonds. The van der Waals surface area contributed by atoms with Gasteiger partial charge in [-0.15, -0.1) is 0 Å². The lowest BCUT2D eigenvalue weighted by Gasteiger charge is -2.50. The number of anilines is 3. The smallest absolute Gasteiger partial charge is 0.0544 e. The Morgan fingerprint density at radius 3 is 1.59 bits per heavy atom. The second-order valence-corrected chi connectivity index (χ2v) is 15.1. The molecule has 0 fully saturated rings. The third kappa shape index (κ3) is 3.52. The van der Waals surface area contributed by atoms with Gasteiger partial charge in [0.2, 0.25) is 0 Å². The van der Waals surface area contributed by atoms with Gasteiger partial charge in [0.15, 0.2) is 0 Å². The molecule has 0 N–H and O–H groups in total. The normalized spacial score (nSPS) is 17.0. The molecule has 1 aliphatic carbocycles. The first-order chi connectivity index (χ1) is 22.1. The van der Waals surface area contributed by atoms with Gasteiger partial charge in [-0.1, -0.05) is 133 Å². The van der Waals surface area contributed by atoms with Gasteiger partial charge >= 0.3 is 0 Å². The predicted molar refractivity (Wildman–Crippen MR) is 194 cm³/mol. The van der Waals surface area contributed by atoms with Gasteiger partial charge < -0.3 is 4.90 Å². The molecule has 3 aliphatic rings. The van der Waals surface area contributed by atoms with Crippen LogP contribution in [0.1, 0.15) is 74.9 Å². The predicted octanol–water partition coefficient (Wildman–Crippen LogP) is 12.1. The molecule has 46 heavy (non-hydrogen) atoms. The number of benzene rings is 6. The molecule has 0 unspecified atom stereocenters. The molecule has 0 atom stereocenters. The van der Waals surface area contributed by atoms with E-state index in [2.05, 4.69) is 174 Å². The van der Waals surface area contributed by atoms with Crippen molar-refractivity contribution in [2.75, 3.05) is 4.90 Å². The SMILES string of the molecule is CC1(C)c2ccccc2-c2ccc(-c3ccc4c(c3)C(C)(C)c3cc(-c5ccccc5)cc5c3N4c3ccccc3C5(C)C)cc21. The summed E-state index contributed by atoms with van der Waals surface area (Å²) in [6.07, 6.45) is 0. The third-order valence-corrected chi connectivity index (χ3v) is 11.4. The van der Waals surface area contributed by atoms with Crippen molar-refractivity contribution < 1.29 is 0 Å². The largest absolute Gasteiger partial charge is 0.309 e. The first-order valence-electron chi connectivity index (χ1n) is 16.6. The minimum Gasteiger partial charge on any atom is -0.309 e. The van der Waals surface area contributed by atoms with Gasteiger partial charge in [-0.2, -0.15) is 0 Å². The van der Waals surface area contributed by atoms with E-state index in [0.717, 1.165) is 0 Å². The van der Waals surface area contributed by atoms with Crippen molar-refractivity contribution in [2.24, 2.45) is 0 Å². The summed E-state index contributed by atoms with van der Waals surface area (Å²) in [5.41, 5.74) is 19.8. The van der Waals surface area contributed by atoms with Crippen LogP contribution in [0.3, 0.4) is 0 Å². The van der Waals surface area contributed by atoms with Crippen molar-refractivity contribution in [1.29, 1.82) is 0 Å². The van der Waals surface area contributed by atoms with Crippen molar-refractivity contribution >= 4 is 17.1 Å². The molecule has 2 heterocycles. The Kier molecular flexibility index (Phi) is 5.43. The minimum absolute atomic E-state index is 0.0249. The van der Waals surface area contributed by atoms with Crippen LogP contribution < -0.4 is 4.90 Å². The van der Waals surface area contributed by atoms with Crippen molar-refractivity contribution in [3.05, 3.63) is 161 Å². The summed E-state index contributed by atoms with van der Waals surface area (Å²) in [7, 11) is 0. The van der Waals surface area contributed by atoms with Crippen LogP contribution in [-0.2, 0) is 16.2 Å². The first kappa shape index (κ1) is 27.4. The Balaban J connectivity index is 1.27. The maximum atomic E-state index is 2.56. The lowest BCUT2D eigenvalue weighted by Crippen LogP contribution is -2.38. The topological polar surface area (TPSA) is 3.24 Å². The molecule has 0 saturated heterocycles. The van der Waals surface area contributed by atoms with Crippen LogP contribution in [0.4, 0.5) is 17.1 Å². The fourth-order valence-corrected chi connectivity index (χ4v) is 8.78. The number of nitrogens with zero attached hydrogens (tertiary/aromatic N) is 1. The van der Waals surface area contributed by atoms with Crippen LogP contribution in [0.15, 0.2) is 127 Å². The lowest BCUT2D eigenvalue weighted by atomic mass is 9.65. The molecule has 1 heteroatoms. The summed E-state index contributed by atoms with van der Waals surface area (Å²) in [6, 6.07) is 48.1. The zero-order valence-corrected chi connectivity index (χ0v) is 27.6. The molecule has 224 valence electrons. The molecule has 1 nitrogen and oxygen atoms in total. The van der Waals surface area contributed by atoms with E-state index < -0.39 is 0 Å². The fraction of sp³-hybridized carbons (Fsp3) is 0.200. The summed E-state index contributed by atoms with van der Waals surface area (Å²) in [5, 5.41) is 0. The van der Waals surface area contributed by atoms with E-state index in [4.69, 9.17) is 0 Å². The molecule has 6 aromatic rings. The van der Waals surface area contributed by atoms with Gasteiger partial charge in [-0.3, -0.25) is 0 Å². The van der Waals surface area contributed by atoms with Gasteiger partial charge in [-0.05, 0) is 103 Å². The summed E-state index contributed by atoms with van der Waals surface area (Å²) in [4.78, 5) is 2.56. The second-order valence-electron chi connectivity index (χ2n) is 15.1. The average Bonchev–Trinajstić information content (AvgIpc) is 3.30. The Labute approximate surface area is 273 Å². The van der Waals surface area contributed by atoms with E-state index in [9.17, 15) is 0 Å². The first-order valence-corrected chi connectivity index (χ1v) is 16.6. The lowest BCUT2D eigenvalue weighted by molar-refractivity contribution is 0.598. The van der Waals surface area contributed by atoms with Crippen LogP contribution in [-0.4, -0.2) is 0 Å². The maximum Gasteiger partial charge on any atom is 0.0544 e. The van der Waals surface area contributed by atoms with E-state index in [1.807, 2.05) is 0 Å². The van der Waals surface area contributed by atoms with E-state index in [1.54, 1.807) is 0 Å². The quantitative estimate of drug-likeness (QED) is 0.193. The molecule has 0 saturated carbocycles. The number of fused-ring (bicyclic) bond motifs is 7. The average molecular weight is 594 g/mol. The number of para-hydroxylation sites is 1. The van der Waals surface area contributed by atoms with Gasteiger partial charge in [0.1, 0.15) is 0 Å². The Bertz CT molecular complexity index is 2230. The van der Waals surface area contributed by atoms with E-state index in [1.165, 1.54) is 83.8 Å². The molecule has 0 spiro atoms. The van der Waals surface area contributed by atoms with Crippen LogP contribution >= 0.6 is 0 Å². The van der Waals surface area contributed by atoms with Gasteiger partial charge in [0.25, 0.3) is 0 Å². The van der Waals surface area contributed by atoms with E-state index in [-0.39, 0.29) is 16.2 Å². The molecule has 2 aliphatic heterocycles. The molecule has 9 rings (SSSR count). The van der Waals surface area contributed by atoms with Crippen LogP contribution in [0.2, 0.25) is 0 Å². The number of hydrogen-bond acceptors (Lipinski definition) is 1. The molecule has 0 radical (unpaired) electrons. The fourth-order valence-electron chi connectivity index (χ4n) is 8.78. The Hall–Kier alpha value is -4.88. The van der Waals surface area contributed by atoms with Crippen LogP contribution in [0.25, 0.3) is 33.4 Å². The molecule has 6 aromatic carbocycles.